The van der Waals surface area contributed by atoms with Crippen LogP contribution in [-0.4, -0.2) is 11.3 Å². The van der Waals surface area contributed by atoms with Gasteiger partial charge in [-0.1, -0.05) is 32.6 Å². The van der Waals surface area contributed by atoms with Crippen LogP contribution in [-0.2, 0) is 4.79 Å². The van der Waals surface area contributed by atoms with Crippen molar-refractivity contribution in [3.63, 3.8) is 0 Å². The van der Waals surface area contributed by atoms with Gasteiger partial charge in [0.25, 0.3) is 0 Å². The van der Waals surface area contributed by atoms with Gasteiger partial charge in [-0.05, 0) is 18.0 Å². The Kier molecular flexibility index (Phi) is 13.7. The number of rotatable bonds is 6. The highest BCUT2D eigenvalue weighted by Gasteiger charge is 1.94. The first-order chi connectivity index (χ1) is 6.50. The highest BCUT2D eigenvalue weighted by molar-refractivity contribution is 6.63. The van der Waals surface area contributed by atoms with Crippen LogP contribution in [0.5, 0.6) is 0 Å². The highest BCUT2D eigenvalue weighted by Crippen LogP contribution is 2.05. The van der Waals surface area contributed by atoms with Crippen LogP contribution in [0, 0.1) is 0 Å². The predicted molar refractivity (Wildman–Crippen MR) is 58.0 cm³/mol. The molecular formula is C9H19ClN2O2. The predicted octanol–water partition coefficient (Wildman–Crippen LogP) is 2.14. The number of halogens is 1. The van der Waals surface area contributed by atoms with Crippen molar-refractivity contribution in [3.05, 3.63) is 0 Å². The van der Waals surface area contributed by atoms with Gasteiger partial charge in [0.2, 0.25) is 5.24 Å². The molecule has 0 aliphatic rings. The van der Waals surface area contributed by atoms with E-state index in [1.165, 1.54) is 19.3 Å². The van der Waals surface area contributed by atoms with Gasteiger partial charge < -0.3 is 11.5 Å². The van der Waals surface area contributed by atoms with Crippen LogP contribution in [0.3, 0.4) is 0 Å². The first kappa shape index (κ1) is 15.7. The van der Waals surface area contributed by atoms with E-state index < -0.39 is 6.03 Å². The number of hydrogen-bond acceptors (Lipinski definition) is 2. The van der Waals surface area contributed by atoms with Crippen LogP contribution >= 0.6 is 11.6 Å². The van der Waals surface area contributed by atoms with Crippen molar-refractivity contribution in [2.24, 2.45) is 11.5 Å². The zero-order valence-corrected chi connectivity index (χ0v) is 9.35. The summed E-state index contributed by atoms with van der Waals surface area (Å²) < 4.78 is 0. The molecule has 84 valence electrons. The maximum Gasteiger partial charge on any atom is 0.309 e. The first-order valence-corrected chi connectivity index (χ1v) is 5.11. The summed E-state index contributed by atoms with van der Waals surface area (Å²) in [6, 6.07) is -0.833. The third-order valence-corrected chi connectivity index (χ3v) is 1.67. The molecule has 0 aromatic heterocycles. The number of unbranched alkanes of at least 4 members (excludes halogenated alkanes) is 4. The Balaban J connectivity index is 0. The van der Waals surface area contributed by atoms with Crippen molar-refractivity contribution in [2.45, 2.75) is 45.4 Å². The average Bonchev–Trinajstić information content (AvgIpc) is 2.02. The lowest BCUT2D eigenvalue weighted by molar-refractivity contribution is -0.111. The largest absolute Gasteiger partial charge is 0.352 e. The van der Waals surface area contributed by atoms with E-state index in [9.17, 15) is 4.79 Å². The van der Waals surface area contributed by atoms with Crippen molar-refractivity contribution in [3.8, 4) is 0 Å². The Labute approximate surface area is 90.0 Å². The van der Waals surface area contributed by atoms with E-state index in [-0.39, 0.29) is 5.24 Å². The molecule has 4 nitrogen and oxygen atoms in total. The van der Waals surface area contributed by atoms with Gasteiger partial charge in [-0.15, -0.1) is 0 Å². The van der Waals surface area contributed by atoms with Crippen LogP contribution in [0.25, 0.3) is 0 Å². The van der Waals surface area contributed by atoms with E-state index in [0.717, 1.165) is 12.8 Å². The second kappa shape index (κ2) is 12.2. The quantitative estimate of drug-likeness (QED) is 0.533. The number of carbonyl (C=O) groups excluding carboxylic acids is 2. The van der Waals surface area contributed by atoms with Gasteiger partial charge >= 0.3 is 6.03 Å². The SMILES string of the molecule is CCCCCCCC(=O)Cl.NC(N)=O. The molecule has 0 aliphatic carbocycles. The van der Waals surface area contributed by atoms with E-state index in [0.29, 0.717) is 6.42 Å². The molecule has 0 bridgehead atoms. The summed E-state index contributed by atoms with van der Waals surface area (Å²) >= 11 is 5.15. The lowest BCUT2D eigenvalue weighted by Crippen LogP contribution is -2.18. The minimum atomic E-state index is -0.833. The summed E-state index contributed by atoms with van der Waals surface area (Å²) in [5.41, 5.74) is 8.50. The van der Waals surface area contributed by atoms with Crippen LogP contribution in [0.4, 0.5) is 4.79 Å². The second-order valence-corrected chi connectivity index (χ2v) is 3.34. The molecule has 0 aromatic carbocycles. The topological polar surface area (TPSA) is 86.2 Å². The Morgan fingerprint density at radius 2 is 1.50 bits per heavy atom. The van der Waals surface area contributed by atoms with Crippen molar-refractivity contribution in [1.29, 1.82) is 0 Å². The zero-order chi connectivity index (χ0) is 11.4. The molecule has 14 heavy (non-hydrogen) atoms. The van der Waals surface area contributed by atoms with Crippen molar-refractivity contribution in [1.82, 2.24) is 0 Å². The minimum absolute atomic E-state index is 0.198. The number of carbonyl (C=O) groups is 2. The Hall–Kier alpha value is -0.770. The summed E-state index contributed by atoms with van der Waals surface area (Å²) in [7, 11) is 0. The van der Waals surface area contributed by atoms with E-state index >= 15 is 0 Å². The van der Waals surface area contributed by atoms with Gasteiger partial charge in [0.05, 0.1) is 0 Å². The molecule has 0 aromatic rings. The van der Waals surface area contributed by atoms with Gasteiger partial charge in [-0.3, -0.25) is 4.79 Å². The van der Waals surface area contributed by atoms with E-state index in [1.807, 2.05) is 0 Å². The smallest absolute Gasteiger partial charge is 0.309 e. The third-order valence-electron chi connectivity index (χ3n) is 1.48. The normalized spacial score (nSPS) is 8.71. The molecule has 0 aliphatic heterocycles. The summed E-state index contributed by atoms with van der Waals surface area (Å²) in [5, 5.41) is -0.198. The Bertz CT molecular complexity index is 159. The van der Waals surface area contributed by atoms with E-state index in [1.54, 1.807) is 0 Å². The Morgan fingerprint density at radius 1 is 1.07 bits per heavy atom. The van der Waals surface area contributed by atoms with Gasteiger partial charge in [-0.2, -0.15) is 0 Å². The molecule has 0 saturated heterocycles. The van der Waals surface area contributed by atoms with Crippen molar-refractivity contribution < 1.29 is 9.59 Å². The van der Waals surface area contributed by atoms with Gasteiger partial charge in [0.1, 0.15) is 0 Å². The molecule has 0 atom stereocenters. The first-order valence-electron chi connectivity index (χ1n) is 4.74. The number of primary amides is 2. The second-order valence-electron chi connectivity index (χ2n) is 2.92. The fraction of sp³-hybridized carbons (Fsp3) is 0.778. The standard InChI is InChI=1S/C8H15ClO.CH4N2O/c1-2-3-4-5-6-7-8(9)10;2-1(3)4/h2-7H2,1H3;(H4,2,3,4). The molecule has 0 unspecified atom stereocenters. The van der Waals surface area contributed by atoms with Crippen LogP contribution in [0.1, 0.15) is 45.4 Å². The average molecular weight is 223 g/mol. The van der Waals surface area contributed by atoms with Crippen molar-refractivity contribution >= 4 is 22.9 Å². The molecule has 5 heteroatoms. The lowest BCUT2D eigenvalue weighted by atomic mass is 10.1. The number of hydrogen-bond donors (Lipinski definition) is 2. The van der Waals surface area contributed by atoms with Gasteiger partial charge in [-0.25, -0.2) is 4.79 Å². The molecule has 0 saturated carbocycles. The fourth-order valence-corrected chi connectivity index (χ4v) is 1.00. The number of nitrogens with two attached hydrogens (primary N) is 2. The van der Waals surface area contributed by atoms with Crippen molar-refractivity contribution in [2.75, 3.05) is 0 Å². The molecule has 2 amide bonds. The van der Waals surface area contributed by atoms with Gasteiger partial charge in [0, 0.05) is 6.42 Å². The zero-order valence-electron chi connectivity index (χ0n) is 8.59. The summed E-state index contributed by atoms with van der Waals surface area (Å²) in [6.45, 7) is 2.17. The Morgan fingerprint density at radius 3 is 1.86 bits per heavy atom. The molecule has 4 N–H and O–H groups in total. The minimum Gasteiger partial charge on any atom is -0.352 e. The maximum atomic E-state index is 10.2. The van der Waals surface area contributed by atoms with E-state index in [4.69, 9.17) is 16.4 Å². The molecule has 0 heterocycles. The summed E-state index contributed by atoms with van der Waals surface area (Å²) in [4.78, 5) is 19.2. The molecule has 0 radical (unpaired) electrons. The van der Waals surface area contributed by atoms with Crippen LogP contribution < -0.4 is 11.5 Å². The molecule has 0 rings (SSSR count). The third kappa shape index (κ3) is 30.3. The lowest BCUT2D eigenvalue weighted by Gasteiger charge is -1.95. The van der Waals surface area contributed by atoms with Crippen LogP contribution in [0.15, 0.2) is 0 Å². The van der Waals surface area contributed by atoms with E-state index in [2.05, 4.69) is 18.4 Å². The monoisotopic (exact) mass is 222 g/mol. The number of urea groups is 1. The summed E-state index contributed by atoms with van der Waals surface area (Å²) in [6.07, 6.45) is 6.41. The highest BCUT2D eigenvalue weighted by atomic mass is 35.5. The fourth-order valence-electron chi connectivity index (χ4n) is 0.868. The maximum absolute atomic E-state index is 10.2. The van der Waals surface area contributed by atoms with Gasteiger partial charge in [0.15, 0.2) is 0 Å². The molecule has 0 fully saturated rings. The molecular weight excluding hydrogens is 204 g/mol. The summed E-state index contributed by atoms with van der Waals surface area (Å²) in [5.74, 6) is 0. The molecule has 0 spiro atoms. The van der Waals surface area contributed by atoms with Crippen LogP contribution in [0.2, 0.25) is 0 Å². The number of amides is 2.